The SMILES string of the molecule is CC(OC(=O)Nc1c(-c2ccc(-c3ccc(CC(=O)O)cc3)cc2)[nH]c2nccn12)c1ccccc1Cl. The maximum absolute atomic E-state index is 12.8. The van der Waals surface area contributed by atoms with Gasteiger partial charge in [0, 0.05) is 28.5 Å². The summed E-state index contributed by atoms with van der Waals surface area (Å²) in [6.45, 7) is 1.76. The molecule has 0 aliphatic heterocycles. The fourth-order valence-corrected chi connectivity index (χ4v) is 4.46. The maximum atomic E-state index is 12.8. The lowest BCUT2D eigenvalue weighted by Crippen LogP contribution is -2.17. The van der Waals surface area contributed by atoms with Gasteiger partial charge in [0.25, 0.3) is 0 Å². The van der Waals surface area contributed by atoms with E-state index < -0.39 is 18.2 Å². The van der Waals surface area contributed by atoms with Gasteiger partial charge in [-0.3, -0.25) is 14.5 Å². The molecule has 1 amide bonds. The minimum atomic E-state index is -0.860. The Balaban J connectivity index is 1.37. The molecule has 5 aromatic rings. The normalized spacial score (nSPS) is 11.8. The van der Waals surface area contributed by atoms with Gasteiger partial charge in [0.05, 0.1) is 12.1 Å². The fraction of sp³-hybridized carbons (Fsp3) is 0.107. The lowest BCUT2D eigenvalue weighted by atomic mass is 10.0. The van der Waals surface area contributed by atoms with Crippen LogP contribution in [0.1, 0.15) is 24.2 Å². The maximum Gasteiger partial charge on any atom is 0.413 e. The van der Waals surface area contributed by atoms with Crippen LogP contribution in [0.2, 0.25) is 5.02 Å². The Morgan fingerprint density at radius 1 is 1.03 bits per heavy atom. The van der Waals surface area contributed by atoms with Crippen LogP contribution in [0.3, 0.4) is 0 Å². The van der Waals surface area contributed by atoms with Crippen molar-refractivity contribution in [2.75, 3.05) is 5.32 Å². The molecular weight excluding hydrogens is 492 g/mol. The Morgan fingerprint density at radius 2 is 1.68 bits per heavy atom. The fourth-order valence-electron chi connectivity index (χ4n) is 4.17. The highest BCUT2D eigenvalue weighted by Crippen LogP contribution is 2.31. The number of carbonyl (C=O) groups excluding carboxylic acids is 1. The third-order valence-corrected chi connectivity index (χ3v) is 6.36. The smallest absolute Gasteiger partial charge is 0.413 e. The molecule has 3 aromatic carbocycles. The van der Waals surface area contributed by atoms with Gasteiger partial charge >= 0.3 is 12.1 Å². The molecule has 9 heteroatoms. The summed E-state index contributed by atoms with van der Waals surface area (Å²) in [5.74, 6) is 0.207. The van der Waals surface area contributed by atoms with E-state index in [9.17, 15) is 9.59 Å². The number of aromatic amines is 1. The molecular formula is C28H23ClN4O4. The van der Waals surface area contributed by atoms with E-state index in [2.05, 4.69) is 15.3 Å². The molecule has 5 rings (SSSR count). The number of ether oxygens (including phenoxy) is 1. The third kappa shape index (κ3) is 5.19. The number of nitrogens with one attached hydrogen (secondary N) is 2. The summed E-state index contributed by atoms with van der Waals surface area (Å²) in [5.41, 5.74) is 4.92. The number of benzene rings is 3. The van der Waals surface area contributed by atoms with Crippen molar-refractivity contribution in [3.63, 3.8) is 0 Å². The van der Waals surface area contributed by atoms with E-state index in [4.69, 9.17) is 21.4 Å². The molecule has 0 spiro atoms. The van der Waals surface area contributed by atoms with E-state index in [-0.39, 0.29) is 6.42 Å². The van der Waals surface area contributed by atoms with Crippen LogP contribution in [-0.2, 0) is 16.0 Å². The van der Waals surface area contributed by atoms with Gasteiger partial charge in [0.1, 0.15) is 11.9 Å². The molecule has 0 aliphatic rings. The van der Waals surface area contributed by atoms with E-state index >= 15 is 0 Å². The Morgan fingerprint density at radius 3 is 2.35 bits per heavy atom. The lowest BCUT2D eigenvalue weighted by Gasteiger charge is -2.16. The topological polar surface area (TPSA) is 109 Å². The number of nitrogens with zero attached hydrogens (tertiary/aromatic N) is 2. The second-order valence-electron chi connectivity index (χ2n) is 8.51. The number of hydrogen-bond donors (Lipinski definition) is 3. The van der Waals surface area contributed by atoms with Crippen LogP contribution < -0.4 is 5.32 Å². The minimum absolute atomic E-state index is 0.0107. The standard InChI is InChI=1S/C28H23ClN4O4/c1-17(22-4-2-3-5-23(22)29)37-28(36)32-26-25(31-27-30-14-15-33(26)27)21-12-10-20(11-13-21)19-8-6-18(7-9-19)16-24(34)35/h2-15,17H,16H2,1H3,(H,30,31)(H,32,36)(H,34,35). The number of H-pyrrole nitrogens is 1. The summed E-state index contributed by atoms with van der Waals surface area (Å²) in [7, 11) is 0. The van der Waals surface area contributed by atoms with Gasteiger partial charge in [-0.1, -0.05) is 78.3 Å². The van der Waals surface area contributed by atoms with E-state index in [1.807, 2.05) is 66.7 Å². The summed E-state index contributed by atoms with van der Waals surface area (Å²) >= 11 is 6.25. The molecule has 3 N–H and O–H groups in total. The molecule has 2 aromatic heterocycles. The zero-order valence-electron chi connectivity index (χ0n) is 19.8. The number of aliphatic carboxylic acids is 1. The molecule has 0 bridgehead atoms. The summed E-state index contributed by atoms with van der Waals surface area (Å²) in [6, 6.07) is 22.5. The molecule has 0 fully saturated rings. The Bertz CT molecular complexity index is 1570. The summed E-state index contributed by atoms with van der Waals surface area (Å²) in [4.78, 5) is 31.3. The lowest BCUT2D eigenvalue weighted by molar-refractivity contribution is -0.136. The Labute approximate surface area is 217 Å². The zero-order valence-corrected chi connectivity index (χ0v) is 20.6. The Hall–Kier alpha value is -4.56. The number of rotatable bonds is 7. The second kappa shape index (κ2) is 10.2. The molecule has 2 heterocycles. The van der Waals surface area contributed by atoms with E-state index in [0.29, 0.717) is 27.9 Å². The highest BCUT2D eigenvalue weighted by atomic mass is 35.5. The number of fused-ring (bicyclic) bond motifs is 1. The van der Waals surface area contributed by atoms with Gasteiger partial charge in [0.2, 0.25) is 5.78 Å². The molecule has 186 valence electrons. The van der Waals surface area contributed by atoms with E-state index in [0.717, 1.165) is 22.3 Å². The first-order chi connectivity index (χ1) is 17.9. The molecule has 1 atom stereocenters. The van der Waals surface area contributed by atoms with Gasteiger partial charge in [-0.2, -0.15) is 0 Å². The van der Waals surface area contributed by atoms with Crippen molar-refractivity contribution in [2.24, 2.45) is 0 Å². The first-order valence-corrected chi connectivity index (χ1v) is 12.0. The molecule has 0 radical (unpaired) electrons. The average Bonchev–Trinajstić information content (AvgIpc) is 3.47. The monoisotopic (exact) mass is 514 g/mol. The van der Waals surface area contributed by atoms with E-state index in [1.54, 1.807) is 29.8 Å². The van der Waals surface area contributed by atoms with Crippen LogP contribution >= 0.6 is 11.6 Å². The number of amides is 1. The number of aromatic nitrogens is 3. The van der Waals surface area contributed by atoms with Gasteiger partial charge in [-0.15, -0.1) is 0 Å². The number of halogens is 1. The van der Waals surface area contributed by atoms with Crippen molar-refractivity contribution >= 4 is 35.3 Å². The third-order valence-electron chi connectivity index (χ3n) is 6.02. The number of hydrogen-bond acceptors (Lipinski definition) is 4. The average molecular weight is 515 g/mol. The minimum Gasteiger partial charge on any atom is -0.481 e. The second-order valence-corrected chi connectivity index (χ2v) is 8.92. The predicted molar refractivity (Wildman–Crippen MR) is 142 cm³/mol. The van der Waals surface area contributed by atoms with Crippen molar-refractivity contribution in [3.8, 4) is 22.4 Å². The molecule has 0 saturated carbocycles. The largest absolute Gasteiger partial charge is 0.481 e. The van der Waals surface area contributed by atoms with Crippen LogP contribution in [0, 0.1) is 0 Å². The summed E-state index contributed by atoms with van der Waals surface area (Å²) in [5, 5.41) is 12.3. The van der Waals surface area contributed by atoms with Crippen molar-refractivity contribution in [1.82, 2.24) is 14.4 Å². The van der Waals surface area contributed by atoms with Crippen molar-refractivity contribution in [1.29, 1.82) is 0 Å². The number of anilines is 1. The number of imidazole rings is 2. The van der Waals surface area contributed by atoms with Gasteiger partial charge < -0.3 is 14.8 Å². The summed E-state index contributed by atoms with van der Waals surface area (Å²) < 4.78 is 7.34. The molecule has 1 unspecified atom stereocenters. The Kier molecular flexibility index (Phi) is 6.66. The first kappa shape index (κ1) is 24.1. The molecule has 37 heavy (non-hydrogen) atoms. The number of carbonyl (C=O) groups is 2. The van der Waals surface area contributed by atoms with Gasteiger partial charge in [0.15, 0.2) is 0 Å². The van der Waals surface area contributed by atoms with Crippen LogP contribution in [0.4, 0.5) is 10.6 Å². The highest BCUT2D eigenvalue weighted by Gasteiger charge is 2.20. The van der Waals surface area contributed by atoms with Crippen LogP contribution in [-0.4, -0.2) is 31.5 Å². The molecule has 0 aliphatic carbocycles. The quantitative estimate of drug-likeness (QED) is 0.227. The summed E-state index contributed by atoms with van der Waals surface area (Å²) in [6.07, 6.45) is 2.20. The van der Waals surface area contributed by atoms with Crippen LogP contribution in [0.5, 0.6) is 0 Å². The number of carboxylic acid groups (broad SMARTS) is 1. The zero-order chi connectivity index (χ0) is 25.9. The highest BCUT2D eigenvalue weighted by molar-refractivity contribution is 6.31. The van der Waals surface area contributed by atoms with Crippen molar-refractivity contribution < 1.29 is 19.4 Å². The van der Waals surface area contributed by atoms with Crippen LogP contribution in [0.25, 0.3) is 28.2 Å². The number of carboxylic acids is 1. The van der Waals surface area contributed by atoms with Gasteiger partial charge in [-0.05, 0) is 29.7 Å². The predicted octanol–water partition coefficient (Wildman–Crippen LogP) is 6.59. The van der Waals surface area contributed by atoms with Crippen molar-refractivity contribution in [3.05, 3.63) is 101 Å². The van der Waals surface area contributed by atoms with E-state index in [1.165, 1.54) is 0 Å². The van der Waals surface area contributed by atoms with Crippen LogP contribution in [0.15, 0.2) is 85.2 Å². The molecule has 0 saturated heterocycles. The molecule has 8 nitrogen and oxygen atoms in total. The van der Waals surface area contributed by atoms with Gasteiger partial charge in [-0.25, -0.2) is 9.78 Å². The van der Waals surface area contributed by atoms with Crippen molar-refractivity contribution in [2.45, 2.75) is 19.4 Å². The first-order valence-electron chi connectivity index (χ1n) is 11.6.